The molecule has 0 fully saturated rings. The smallest absolute Gasteiger partial charge is 0.340 e. The molecule has 2 nitrogen and oxygen atoms in total. The lowest BCUT2D eigenvalue weighted by Gasteiger charge is -2.32. The van der Waals surface area contributed by atoms with Crippen LogP contribution in [-0.2, 0) is 16.2 Å². The third-order valence-electron chi connectivity index (χ3n) is 4.69. The topological polar surface area (TPSA) is 26.3 Å². The molecule has 0 radical (unpaired) electrons. The van der Waals surface area contributed by atoms with E-state index in [2.05, 4.69) is 12.1 Å². The molecule has 2 unspecified atom stereocenters. The fraction of sp³-hybridized carbons (Fsp3) is 0.136. The lowest BCUT2D eigenvalue weighted by atomic mass is 9.83. The highest BCUT2D eigenvalue weighted by molar-refractivity contribution is 6.26. The zero-order valence-corrected chi connectivity index (χ0v) is 14.3. The van der Waals surface area contributed by atoms with E-state index in [1.54, 1.807) is 6.07 Å². The predicted octanol–water partition coefficient (Wildman–Crippen LogP) is 5.28. The van der Waals surface area contributed by atoms with Crippen LogP contribution in [0.1, 0.15) is 33.0 Å². The lowest BCUT2D eigenvalue weighted by Crippen LogP contribution is -2.29. The number of alkyl halides is 1. The van der Waals surface area contributed by atoms with E-state index in [0.29, 0.717) is 12.0 Å². The minimum atomic E-state index is -1.20. The molecule has 3 heteroatoms. The number of rotatable bonds is 4. The molecule has 0 amide bonds. The molecule has 0 saturated carbocycles. The molecule has 0 bridgehead atoms. The number of halogens is 1. The fourth-order valence-corrected chi connectivity index (χ4v) is 3.90. The molecule has 3 aromatic rings. The van der Waals surface area contributed by atoms with Gasteiger partial charge in [0.1, 0.15) is 0 Å². The summed E-state index contributed by atoms with van der Waals surface area (Å²) in [6.07, 6.45) is 0.677. The number of hydrogen-bond donors (Lipinski definition) is 0. The predicted molar refractivity (Wildman–Crippen MR) is 98.7 cm³/mol. The van der Waals surface area contributed by atoms with Crippen LogP contribution in [0, 0.1) is 0 Å². The van der Waals surface area contributed by atoms with Gasteiger partial charge in [-0.3, -0.25) is 0 Å². The van der Waals surface area contributed by atoms with Gasteiger partial charge in [-0.15, -0.1) is 0 Å². The lowest BCUT2D eigenvalue weighted by molar-refractivity contribution is 0.0172. The second kappa shape index (κ2) is 6.38. The highest BCUT2D eigenvalue weighted by Crippen LogP contribution is 2.50. The maximum absolute atomic E-state index is 12.4. The summed E-state index contributed by atoms with van der Waals surface area (Å²) < 4.78 is 5.73. The van der Waals surface area contributed by atoms with Crippen LogP contribution in [0.25, 0.3) is 0 Å². The van der Waals surface area contributed by atoms with Crippen molar-refractivity contribution in [3.63, 3.8) is 0 Å². The quantitative estimate of drug-likeness (QED) is 0.474. The Kier molecular flexibility index (Phi) is 4.06. The molecule has 1 heterocycles. The summed E-state index contributed by atoms with van der Waals surface area (Å²) in [6.45, 7) is 0. The van der Waals surface area contributed by atoms with Gasteiger partial charge in [0.2, 0.25) is 5.06 Å². The summed E-state index contributed by atoms with van der Waals surface area (Å²) in [5.41, 5.74) is 3.49. The Morgan fingerprint density at radius 2 is 1.44 bits per heavy atom. The van der Waals surface area contributed by atoms with E-state index in [0.717, 1.165) is 16.7 Å². The Balaban J connectivity index is 1.83. The van der Waals surface area contributed by atoms with Crippen molar-refractivity contribution in [1.29, 1.82) is 0 Å². The van der Waals surface area contributed by atoms with Gasteiger partial charge < -0.3 is 4.74 Å². The number of carbonyl (C=O) groups is 1. The summed E-state index contributed by atoms with van der Waals surface area (Å²) in [6, 6.07) is 27.5. The highest BCUT2D eigenvalue weighted by Gasteiger charge is 2.50. The van der Waals surface area contributed by atoms with Gasteiger partial charge in [0, 0.05) is 11.5 Å². The van der Waals surface area contributed by atoms with Gasteiger partial charge in [-0.05, 0) is 23.6 Å². The van der Waals surface area contributed by atoms with Crippen LogP contribution in [0.4, 0.5) is 0 Å². The minimum Gasteiger partial charge on any atom is -0.434 e. The fourth-order valence-electron chi connectivity index (χ4n) is 3.46. The molecule has 1 aliphatic rings. The van der Waals surface area contributed by atoms with E-state index in [1.165, 1.54) is 0 Å². The molecule has 0 aromatic heterocycles. The molecule has 0 saturated heterocycles. The van der Waals surface area contributed by atoms with Crippen molar-refractivity contribution in [3.05, 3.63) is 107 Å². The van der Waals surface area contributed by atoms with Crippen molar-refractivity contribution in [2.45, 2.75) is 17.4 Å². The number of esters is 1. The van der Waals surface area contributed by atoms with Gasteiger partial charge >= 0.3 is 5.97 Å². The molecular weight excluding hydrogens is 332 g/mol. The Morgan fingerprint density at radius 3 is 2.16 bits per heavy atom. The molecule has 0 spiro atoms. The van der Waals surface area contributed by atoms with Crippen molar-refractivity contribution in [1.82, 2.24) is 0 Å². The first-order valence-corrected chi connectivity index (χ1v) is 8.67. The SMILES string of the molecule is O=C1OC(Cl)(C(Cc2ccccc2)c2ccccc2)c2ccccc21. The van der Waals surface area contributed by atoms with Crippen LogP contribution in [0.5, 0.6) is 0 Å². The molecule has 124 valence electrons. The van der Waals surface area contributed by atoms with E-state index in [9.17, 15) is 4.79 Å². The van der Waals surface area contributed by atoms with Crippen LogP contribution >= 0.6 is 11.6 Å². The van der Waals surface area contributed by atoms with Crippen LogP contribution in [0.3, 0.4) is 0 Å². The number of benzene rings is 3. The van der Waals surface area contributed by atoms with Crippen molar-refractivity contribution in [2.24, 2.45) is 0 Å². The summed E-state index contributed by atoms with van der Waals surface area (Å²) in [5, 5.41) is -1.20. The average Bonchev–Trinajstić information content (AvgIpc) is 2.93. The van der Waals surface area contributed by atoms with Crippen LogP contribution in [0.15, 0.2) is 84.9 Å². The maximum atomic E-state index is 12.4. The van der Waals surface area contributed by atoms with E-state index >= 15 is 0 Å². The minimum absolute atomic E-state index is 0.189. The molecule has 1 aliphatic heterocycles. The van der Waals surface area contributed by atoms with Crippen LogP contribution in [-0.4, -0.2) is 5.97 Å². The summed E-state index contributed by atoms with van der Waals surface area (Å²) >= 11 is 7.00. The second-order valence-corrected chi connectivity index (χ2v) is 6.79. The number of ether oxygens (including phenoxy) is 1. The van der Waals surface area contributed by atoms with Crippen molar-refractivity contribution in [2.75, 3.05) is 0 Å². The zero-order valence-electron chi connectivity index (χ0n) is 13.6. The van der Waals surface area contributed by atoms with Crippen LogP contribution < -0.4 is 0 Å². The maximum Gasteiger partial charge on any atom is 0.340 e. The molecule has 25 heavy (non-hydrogen) atoms. The van der Waals surface area contributed by atoms with Gasteiger partial charge in [0.05, 0.1) is 5.56 Å². The summed E-state index contributed by atoms with van der Waals surface area (Å²) in [4.78, 5) is 12.4. The second-order valence-electron chi connectivity index (χ2n) is 6.23. The van der Waals surface area contributed by atoms with E-state index < -0.39 is 5.06 Å². The van der Waals surface area contributed by atoms with E-state index in [-0.39, 0.29) is 11.9 Å². The number of fused-ring (bicyclic) bond motifs is 1. The Morgan fingerprint density at radius 1 is 0.840 bits per heavy atom. The first kappa shape index (κ1) is 15.9. The Bertz CT molecular complexity index is 892. The van der Waals surface area contributed by atoms with Crippen LogP contribution in [0.2, 0.25) is 0 Å². The number of carbonyl (C=O) groups excluding carboxylic acids is 1. The number of cyclic esters (lactones) is 1. The standard InChI is InChI=1S/C22H17ClO2/c23-22(19-14-8-7-13-18(19)21(24)25-22)20(17-11-5-2-6-12-17)15-16-9-3-1-4-10-16/h1-14,20H,15H2. The van der Waals surface area contributed by atoms with E-state index in [1.807, 2.05) is 66.7 Å². The third kappa shape index (κ3) is 2.83. The molecule has 3 aromatic carbocycles. The molecular formula is C22H17ClO2. The van der Waals surface area contributed by atoms with Gasteiger partial charge in [0.15, 0.2) is 0 Å². The van der Waals surface area contributed by atoms with Crippen molar-refractivity contribution >= 4 is 17.6 Å². The van der Waals surface area contributed by atoms with Gasteiger partial charge in [-0.1, -0.05) is 90.5 Å². The normalized spacial score (nSPS) is 20.0. The van der Waals surface area contributed by atoms with E-state index in [4.69, 9.17) is 16.3 Å². The Hall–Kier alpha value is -2.58. The largest absolute Gasteiger partial charge is 0.434 e. The third-order valence-corrected chi connectivity index (χ3v) is 5.23. The first-order valence-electron chi connectivity index (χ1n) is 8.29. The molecule has 0 N–H and O–H groups in total. The number of hydrogen-bond acceptors (Lipinski definition) is 2. The van der Waals surface area contributed by atoms with Crippen molar-refractivity contribution in [3.8, 4) is 0 Å². The monoisotopic (exact) mass is 348 g/mol. The van der Waals surface area contributed by atoms with Gasteiger partial charge in [-0.2, -0.15) is 0 Å². The molecule has 0 aliphatic carbocycles. The summed E-state index contributed by atoms with van der Waals surface area (Å²) in [7, 11) is 0. The molecule has 4 rings (SSSR count). The highest BCUT2D eigenvalue weighted by atomic mass is 35.5. The average molecular weight is 349 g/mol. The first-order chi connectivity index (χ1) is 12.2. The summed E-state index contributed by atoms with van der Waals surface area (Å²) in [5.74, 6) is -0.551. The zero-order chi connectivity index (χ0) is 17.3. The molecule has 2 atom stereocenters. The van der Waals surface area contributed by atoms with Gasteiger partial charge in [0.25, 0.3) is 0 Å². The Labute approximate surface area is 152 Å². The van der Waals surface area contributed by atoms with Gasteiger partial charge in [-0.25, -0.2) is 4.79 Å². The van der Waals surface area contributed by atoms with Crippen molar-refractivity contribution < 1.29 is 9.53 Å².